The van der Waals surface area contributed by atoms with Crippen LogP contribution in [0.4, 0.5) is 4.79 Å². The number of nitrogens with two attached hydrogens (primary N) is 1. The lowest BCUT2D eigenvalue weighted by Crippen LogP contribution is -2.61. The zero-order valence-corrected chi connectivity index (χ0v) is 27.3. The van der Waals surface area contributed by atoms with Crippen molar-refractivity contribution in [2.45, 2.75) is 70.0 Å². The Morgan fingerprint density at radius 1 is 0.978 bits per heavy atom. The van der Waals surface area contributed by atoms with Gasteiger partial charge < -0.3 is 25.8 Å². The van der Waals surface area contributed by atoms with Crippen LogP contribution in [0.25, 0.3) is 0 Å². The molecule has 0 bridgehead atoms. The Bertz CT molecular complexity index is 1410. The highest BCUT2D eigenvalue weighted by Gasteiger charge is 2.40. The third-order valence-corrected chi connectivity index (χ3v) is 8.80. The van der Waals surface area contributed by atoms with Gasteiger partial charge in [-0.25, -0.2) is 13.2 Å². The van der Waals surface area contributed by atoms with E-state index in [4.69, 9.17) is 10.5 Å². The number of imide groups is 1. The van der Waals surface area contributed by atoms with Crippen molar-refractivity contribution in [2.24, 2.45) is 17.6 Å². The second kappa shape index (κ2) is 16.5. The molecule has 1 heterocycles. The van der Waals surface area contributed by atoms with Crippen molar-refractivity contribution in [2.75, 3.05) is 26.3 Å². The molecule has 0 spiro atoms. The fourth-order valence-electron chi connectivity index (χ4n) is 5.07. The molecule has 11 nitrogen and oxygen atoms in total. The van der Waals surface area contributed by atoms with Crippen molar-refractivity contribution in [3.8, 4) is 5.75 Å². The smallest absolute Gasteiger partial charge is 0.327 e. The van der Waals surface area contributed by atoms with Gasteiger partial charge in [0, 0.05) is 18.5 Å². The molecule has 0 unspecified atom stereocenters. The van der Waals surface area contributed by atoms with Gasteiger partial charge in [-0.3, -0.25) is 14.5 Å². The number of amides is 4. The van der Waals surface area contributed by atoms with Crippen molar-refractivity contribution in [3.05, 3.63) is 71.6 Å². The zero-order chi connectivity index (χ0) is 33.1. The summed E-state index contributed by atoms with van der Waals surface area (Å²) in [6.45, 7) is 8.76. The minimum atomic E-state index is -3.84. The van der Waals surface area contributed by atoms with Gasteiger partial charge in [0.2, 0.25) is 11.8 Å². The summed E-state index contributed by atoms with van der Waals surface area (Å²) in [6, 6.07) is 10.6. The Morgan fingerprint density at radius 2 is 1.58 bits per heavy atom. The summed E-state index contributed by atoms with van der Waals surface area (Å²) in [4.78, 5) is 44.5. The van der Waals surface area contributed by atoms with Crippen LogP contribution in [0, 0.1) is 11.8 Å². The van der Waals surface area contributed by atoms with Gasteiger partial charge in [0.1, 0.15) is 11.8 Å². The first-order valence-electron chi connectivity index (χ1n) is 15.3. The molecule has 2 aromatic carbocycles. The molecule has 1 aliphatic heterocycles. The summed E-state index contributed by atoms with van der Waals surface area (Å²) < 4.78 is 31.5. The number of sulfone groups is 1. The van der Waals surface area contributed by atoms with Gasteiger partial charge in [0.15, 0.2) is 9.84 Å². The third-order valence-electron chi connectivity index (χ3n) is 7.36. The van der Waals surface area contributed by atoms with Gasteiger partial charge in [0.25, 0.3) is 0 Å². The Hall–Kier alpha value is -3.74. The van der Waals surface area contributed by atoms with Crippen LogP contribution in [0.2, 0.25) is 0 Å². The van der Waals surface area contributed by atoms with Crippen LogP contribution >= 0.6 is 0 Å². The Morgan fingerprint density at radius 3 is 2.16 bits per heavy atom. The largest absolute Gasteiger partial charge is 0.508 e. The summed E-state index contributed by atoms with van der Waals surface area (Å²) in [6.07, 6.45) is 2.06. The molecule has 4 N–H and O–H groups in total. The molecule has 4 amide bonds. The lowest BCUT2D eigenvalue weighted by Gasteiger charge is -2.37. The van der Waals surface area contributed by atoms with E-state index in [1.165, 1.54) is 35.2 Å². The molecule has 12 heteroatoms. The van der Waals surface area contributed by atoms with Crippen LogP contribution in [0.5, 0.6) is 5.75 Å². The topological polar surface area (TPSA) is 159 Å². The number of phenolic OH excluding ortho intramolecular Hbond substituents is 1. The molecular formula is C33H46N4O7S. The first-order chi connectivity index (χ1) is 21.3. The second-order valence-electron chi connectivity index (χ2n) is 12.1. The number of carbonyl (C=O) groups is 3. The third kappa shape index (κ3) is 10.7. The zero-order valence-electron chi connectivity index (χ0n) is 26.5. The number of phenols is 1. The van der Waals surface area contributed by atoms with Crippen LogP contribution in [0.15, 0.2) is 71.0 Å². The van der Waals surface area contributed by atoms with Crippen LogP contribution in [0.1, 0.15) is 46.1 Å². The fraction of sp³-hybridized carbons (Fsp3) is 0.485. The van der Waals surface area contributed by atoms with E-state index in [1.807, 2.05) is 27.7 Å². The molecule has 3 rings (SSSR count). The highest BCUT2D eigenvalue weighted by molar-refractivity contribution is 7.94. The van der Waals surface area contributed by atoms with Gasteiger partial charge in [-0.05, 0) is 60.9 Å². The maximum Gasteiger partial charge on any atom is 0.327 e. The van der Waals surface area contributed by atoms with E-state index >= 15 is 0 Å². The van der Waals surface area contributed by atoms with Crippen molar-refractivity contribution in [1.29, 1.82) is 0 Å². The highest BCUT2D eigenvalue weighted by atomic mass is 32.2. The van der Waals surface area contributed by atoms with E-state index in [9.17, 15) is 27.9 Å². The van der Waals surface area contributed by atoms with E-state index < -0.39 is 45.8 Å². The minimum absolute atomic E-state index is 0.0621. The minimum Gasteiger partial charge on any atom is -0.508 e. The lowest BCUT2D eigenvalue weighted by molar-refractivity contribution is -0.140. The Kier molecular flexibility index (Phi) is 13.1. The Labute approximate surface area is 266 Å². The van der Waals surface area contributed by atoms with E-state index in [0.717, 1.165) is 15.9 Å². The van der Waals surface area contributed by atoms with Crippen LogP contribution in [-0.2, 0) is 30.6 Å². The van der Waals surface area contributed by atoms with Crippen molar-refractivity contribution < 1.29 is 32.6 Å². The summed E-state index contributed by atoms with van der Waals surface area (Å²) in [7, 11) is -3.84. The van der Waals surface area contributed by atoms with Gasteiger partial charge >= 0.3 is 6.03 Å². The number of nitrogens with zero attached hydrogens (tertiary/aromatic N) is 2. The van der Waals surface area contributed by atoms with Crippen molar-refractivity contribution in [3.63, 3.8) is 0 Å². The average molecular weight is 643 g/mol. The number of hydrogen-bond acceptors (Lipinski definition) is 8. The number of hydrogen-bond donors (Lipinski definition) is 3. The molecule has 0 aromatic heterocycles. The van der Waals surface area contributed by atoms with Crippen LogP contribution in [-0.4, -0.2) is 85.6 Å². The van der Waals surface area contributed by atoms with Crippen LogP contribution < -0.4 is 11.1 Å². The molecule has 1 saturated heterocycles. The van der Waals surface area contributed by atoms with E-state index in [0.29, 0.717) is 19.6 Å². The summed E-state index contributed by atoms with van der Waals surface area (Å²) in [5, 5.41) is 13.7. The first-order valence-corrected chi connectivity index (χ1v) is 16.8. The second-order valence-corrected chi connectivity index (χ2v) is 14.0. The molecular weight excluding hydrogens is 596 g/mol. The molecule has 0 radical (unpaired) electrons. The number of benzene rings is 2. The van der Waals surface area contributed by atoms with Gasteiger partial charge in [-0.1, -0.05) is 64.1 Å². The molecule has 0 saturated carbocycles. The maximum absolute atomic E-state index is 14.1. The number of ether oxygens (including phenoxy) is 1. The molecule has 0 aliphatic carbocycles. The van der Waals surface area contributed by atoms with E-state index in [1.54, 1.807) is 30.3 Å². The summed E-state index contributed by atoms with van der Waals surface area (Å²) in [5.74, 6) is -1.20. The SMILES string of the molecule is CC(C)C[C@H](N)C(=O)N(C(=O)N1CCOCC1)[C@@H](CC(C)C)C(=O)N[C@H](/C=C/S(=O)(=O)c1ccccc1)Cc1ccc(O)cc1. The molecule has 246 valence electrons. The molecule has 3 atom stereocenters. The van der Waals surface area contributed by atoms with Gasteiger partial charge in [-0.15, -0.1) is 0 Å². The van der Waals surface area contributed by atoms with Crippen LogP contribution in [0.3, 0.4) is 0 Å². The highest BCUT2D eigenvalue weighted by Crippen LogP contribution is 2.20. The normalized spacial score (nSPS) is 16.0. The Balaban J connectivity index is 2.00. The predicted octanol–water partition coefficient (Wildman–Crippen LogP) is 3.48. The van der Waals surface area contributed by atoms with Gasteiger partial charge in [0.05, 0.1) is 30.2 Å². The van der Waals surface area contributed by atoms with Crippen molar-refractivity contribution in [1.82, 2.24) is 15.1 Å². The summed E-state index contributed by atoms with van der Waals surface area (Å²) >= 11 is 0. The fourth-order valence-corrected chi connectivity index (χ4v) is 6.16. The number of rotatable bonds is 13. The lowest BCUT2D eigenvalue weighted by atomic mass is 9.98. The number of urea groups is 1. The standard InChI is InChI=1S/C33H46N4O7S/c1-23(2)20-29(34)32(40)37(33(41)36-15-17-44-18-16-36)30(21-24(3)4)31(39)35-26(22-25-10-12-27(38)13-11-25)14-19-45(42,43)28-8-6-5-7-9-28/h5-14,19,23-24,26,29-30,38H,15-18,20-22,34H2,1-4H3,(H,35,39)/b19-14+/t26-,29+,30+/m1/s1. The average Bonchev–Trinajstić information content (AvgIpc) is 3.00. The first kappa shape index (κ1) is 35.7. The number of carbonyl (C=O) groups excluding carboxylic acids is 3. The molecule has 2 aromatic rings. The molecule has 1 fully saturated rings. The van der Waals surface area contributed by atoms with Crippen molar-refractivity contribution >= 4 is 27.7 Å². The van der Waals surface area contributed by atoms with E-state index in [-0.39, 0.29) is 48.4 Å². The monoisotopic (exact) mass is 642 g/mol. The molecule has 1 aliphatic rings. The van der Waals surface area contributed by atoms with Gasteiger partial charge in [-0.2, -0.15) is 0 Å². The maximum atomic E-state index is 14.1. The number of morpholine rings is 1. The summed E-state index contributed by atoms with van der Waals surface area (Å²) in [5.41, 5.74) is 7.02. The quantitative estimate of drug-likeness (QED) is 0.300. The van der Waals surface area contributed by atoms with E-state index in [2.05, 4.69) is 5.32 Å². The molecule has 45 heavy (non-hydrogen) atoms. The number of nitrogens with one attached hydrogen (secondary N) is 1. The predicted molar refractivity (Wildman–Crippen MR) is 172 cm³/mol. The number of aromatic hydroxyl groups is 1.